The second-order valence-corrected chi connectivity index (χ2v) is 6.49. The summed E-state index contributed by atoms with van der Waals surface area (Å²) in [4.78, 5) is 31.6. The van der Waals surface area contributed by atoms with Crippen molar-refractivity contribution < 1.29 is 9.59 Å². The van der Waals surface area contributed by atoms with Crippen LogP contribution in [0.5, 0.6) is 0 Å². The van der Waals surface area contributed by atoms with E-state index < -0.39 is 0 Å². The van der Waals surface area contributed by atoms with Gasteiger partial charge in [-0.25, -0.2) is 0 Å². The Bertz CT molecular complexity index is 548. The number of hydrogen-bond donors (Lipinski definition) is 1. The number of aryl methyl sites for hydroxylation is 2. The third kappa shape index (κ3) is 3.90. The number of amides is 2. The van der Waals surface area contributed by atoms with E-state index in [1.807, 2.05) is 43.6 Å². The van der Waals surface area contributed by atoms with E-state index in [0.29, 0.717) is 19.5 Å². The van der Waals surface area contributed by atoms with Crippen LogP contribution < -0.4 is 0 Å². The van der Waals surface area contributed by atoms with Crippen LogP contribution in [-0.4, -0.2) is 52.8 Å². The predicted molar refractivity (Wildman–Crippen MR) is 86.6 cm³/mol. The van der Waals surface area contributed by atoms with Crippen LogP contribution in [0, 0.1) is 19.8 Å². The Morgan fingerprint density at radius 1 is 1.14 bits per heavy atom. The summed E-state index contributed by atoms with van der Waals surface area (Å²) in [6, 6.07) is 2.04. The third-order valence-corrected chi connectivity index (χ3v) is 4.25. The number of hydrogen-bond acceptors (Lipinski definition) is 2. The molecule has 1 saturated heterocycles. The molecule has 1 aliphatic heterocycles. The fourth-order valence-corrected chi connectivity index (χ4v) is 2.99. The lowest BCUT2D eigenvalue weighted by Crippen LogP contribution is -2.39. The second kappa shape index (κ2) is 6.99. The van der Waals surface area contributed by atoms with Gasteiger partial charge in [-0.15, -0.1) is 0 Å². The maximum Gasteiger partial charge on any atom is 0.227 e. The average molecular weight is 305 g/mol. The zero-order chi connectivity index (χ0) is 16.3. The van der Waals surface area contributed by atoms with Crippen LogP contribution in [0.1, 0.15) is 37.2 Å². The number of nitrogens with zero attached hydrogens (tertiary/aromatic N) is 2. The Morgan fingerprint density at radius 2 is 1.77 bits per heavy atom. The first kappa shape index (κ1) is 16.6. The van der Waals surface area contributed by atoms with Crippen molar-refractivity contribution in [1.82, 2.24) is 14.8 Å². The second-order valence-electron chi connectivity index (χ2n) is 6.49. The monoisotopic (exact) mass is 305 g/mol. The van der Waals surface area contributed by atoms with Gasteiger partial charge >= 0.3 is 0 Å². The van der Waals surface area contributed by atoms with Crippen molar-refractivity contribution in [3.05, 3.63) is 23.0 Å². The minimum Gasteiger partial charge on any atom is -0.362 e. The highest BCUT2D eigenvalue weighted by Crippen LogP contribution is 2.13. The number of H-pyrrole nitrogens is 1. The molecule has 0 atom stereocenters. The third-order valence-electron chi connectivity index (χ3n) is 4.25. The molecule has 0 aromatic carbocycles. The van der Waals surface area contributed by atoms with Crippen LogP contribution in [0.4, 0.5) is 0 Å². The van der Waals surface area contributed by atoms with Crippen LogP contribution in [0.15, 0.2) is 6.07 Å². The number of aromatic amines is 1. The van der Waals surface area contributed by atoms with E-state index in [1.54, 1.807) is 0 Å². The summed E-state index contributed by atoms with van der Waals surface area (Å²) in [7, 11) is 0. The van der Waals surface area contributed by atoms with Gasteiger partial charge in [0, 0.05) is 43.5 Å². The molecule has 2 rings (SSSR count). The zero-order valence-corrected chi connectivity index (χ0v) is 14.1. The molecular weight excluding hydrogens is 278 g/mol. The van der Waals surface area contributed by atoms with E-state index in [4.69, 9.17) is 0 Å². The minimum absolute atomic E-state index is 0.0210. The molecule has 0 unspecified atom stereocenters. The van der Waals surface area contributed by atoms with Crippen molar-refractivity contribution in [2.45, 2.75) is 40.5 Å². The number of carbonyl (C=O) groups excluding carboxylic acids is 2. The summed E-state index contributed by atoms with van der Waals surface area (Å²) < 4.78 is 0. The van der Waals surface area contributed by atoms with Gasteiger partial charge < -0.3 is 14.8 Å². The molecule has 0 radical (unpaired) electrons. The minimum atomic E-state index is 0.0210. The molecule has 1 aliphatic rings. The maximum absolute atomic E-state index is 12.5. The fourth-order valence-electron chi connectivity index (χ4n) is 2.99. The lowest BCUT2D eigenvalue weighted by Gasteiger charge is -2.23. The van der Waals surface area contributed by atoms with Crippen molar-refractivity contribution in [2.75, 3.05) is 26.2 Å². The molecule has 0 saturated carbocycles. The molecule has 1 fully saturated rings. The van der Waals surface area contributed by atoms with Crippen molar-refractivity contribution in [1.29, 1.82) is 0 Å². The van der Waals surface area contributed by atoms with Crippen LogP contribution in [0.25, 0.3) is 0 Å². The van der Waals surface area contributed by atoms with Gasteiger partial charge in [0.25, 0.3) is 0 Å². The Labute approximate surface area is 132 Å². The highest BCUT2D eigenvalue weighted by molar-refractivity contribution is 5.80. The molecule has 1 aromatic heterocycles. The van der Waals surface area contributed by atoms with Gasteiger partial charge in [0.2, 0.25) is 11.8 Å². The Morgan fingerprint density at radius 3 is 2.36 bits per heavy atom. The number of carbonyl (C=O) groups is 2. The molecule has 122 valence electrons. The summed E-state index contributed by atoms with van der Waals surface area (Å²) in [5, 5.41) is 0. The molecule has 5 heteroatoms. The maximum atomic E-state index is 12.5. The first-order valence-electron chi connectivity index (χ1n) is 8.10. The lowest BCUT2D eigenvalue weighted by molar-refractivity contribution is -0.135. The van der Waals surface area contributed by atoms with Crippen LogP contribution >= 0.6 is 0 Å². The number of nitrogens with one attached hydrogen (secondary N) is 1. The first-order chi connectivity index (χ1) is 10.4. The summed E-state index contributed by atoms with van der Waals surface area (Å²) in [6.07, 6.45) is 1.30. The van der Waals surface area contributed by atoms with E-state index in [2.05, 4.69) is 4.98 Å². The summed E-state index contributed by atoms with van der Waals surface area (Å²) in [5.41, 5.74) is 3.23. The summed E-state index contributed by atoms with van der Waals surface area (Å²) in [5.74, 6) is 0.361. The molecule has 22 heavy (non-hydrogen) atoms. The molecular formula is C17H27N3O2. The zero-order valence-electron chi connectivity index (χ0n) is 14.1. The Kier molecular flexibility index (Phi) is 5.27. The van der Waals surface area contributed by atoms with Gasteiger partial charge in [0.1, 0.15) is 0 Å². The largest absolute Gasteiger partial charge is 0.362 e. The van der Waals surface area contributed by atoms with Crippen LogP contribution in [-0.2, 0) is 16.0 Å². The number of rotatable bonds is 3. The topological polar surface area (TPSA) is 56.4 Å². The quantitative estimate of drug-likeness (QED) is 0.927. The summed E-state index contributed by atoms with van der Waals surface area (Å²) >= 11 is 0. The van der Waals surface area contributed by atoms with Gasteiger partial charge in [-0.05, 0) is 31.9 Å². The van der Waals surface area contributed by atoms with Gasteiger partial charge in [0.15, 0.2) is 0 Å². The smallest absolute Gasteiger partial charge is 0.227 e. The highest BCUT2D eigenvalue weighted by Gasteiger charge is 2.23. The number of aromatic nitrogens is 1. The van der Waals surface area contributed by atoms with Gasteiger partial charge in [0.05, 0.1) is 6.42 Å². The van der Waals surface area contributed by atoms with Crippen molar-refractivity contribution in [3.8, 4) is 0 Å². The van der Waals surface area contributed by atoms with E-state index in [1.165, 1.54) is 0 Å². The van der Waals surface area contributed by atoms with E-state index in [9.17, 15) is 9.59 Å². The predicted octanol–water partition coefficient (Wildman–Crippen LogP) is 1.89. The molecule has 0 aliphatic carbocycles. The molecule has 2 amide bonds. The van der Waals surface area contributed by atoms with E-state index in [-0.39, 0.29) is 17.7 Å². The van der Waals surface area contributed by atoms with Crippen molar-refractivity contribution in [2.24, 2.45) is 5.92 Å². The molecule has 0 spiro atoms. The normalized spacial score (nSPS) is 16.0. The highest BCUT2D eigenvalue weighted by atomic mass is 16.2. The SMILES string of the molecule is Cc1cc(CC(=O)N2CCCN(C(=O)C(C)C)CC2)c(C)[nH]1. The molecule has 5 nitrogen and oxygen atoms in total. The molecule has 2 heterocycles. The first-order valence-corrected chi connectivity index (χ1v) is 8.10. The fraction of sp³-hybridized carbons (Fsp3) is 0.647. The Balaban J connectivity index is 1.94. The van der Waals surface area contributed by atoms with Gasteiger partial charge in [-0.3, -0.25) is 9.59 Å². The van der Waals surface area contributed by atoms with E-state index >= 15 is 0 Å². The summed E-state index contributed by atoms with van der Waals surface area (Å²) in [6.45, 7) is 10.6. The van der Waals surface area contributed by atoms with Gasteiger partial charge in [-0.2, -0.15) is 0 Å². The molecule has 1 N–H and O–H groups in total. The average Bonchev–Trinajstić information content (AvgIpc) is 2.68. The van der Waals surface area contributed by atoms with Crippen LogP contribution in [0.3, 0.4) is 0 Å². The van der Waals surface area contributed by atoms with Crippen molar-refractivity contribution >= 4 is 11.8 Å². The van der Waals surface area contributed by atoms with Crippen LogP contribution in [0.2, 0.25) is 0 Å². The Hall–Kier alpha value is -1.78. The van der Waals surface area contributed by atoms with Gasteiger partial charge in [-0.1, -0.05) is 13.8 Å². The standard InChI is InChI=1S/C17H27N3O2/c1-12(2)17(22)20-7-5-6-19(8-9-20)16(21)11-15-10-13(3)18-14(15)4/h10,12,18H,5-9,11H2,1-4H3. The molecule has 0 bridgehead atoms. The lowest BCUT2D eigenvalue weighted by atomic mass is 10.1. The molecule has 1 aromatic rings. The van der Waals surface area contributed by atoms with E-state index in [0.717, 1.165) is 36.5 Å². The van der Waals surface area contributed by atoms with Crippen molar-refractivity contribution in [3.63, 3.8) is 0 Å².